The average molecular weight is 388 g/mol. The number of carbonyl (C=O) groups is 3. The first-order valence-corrected chi connectivity index (χ1v) is 8.41. The molecule has 7 nitrogen and oxygen atoms in total. The maximum Gasteiger partial charge on any atom is 0.338 e. The summed E-state index contributed by atoms with van der Waals surface area (Å²) in [6.07, 6.45) is 0. The summed E-state index contributed by atoms with van der Waals surface area (Å²) in [4.78, 5) is 37.2. The molecule has 0 bridgehead atoms. The minimum absolute atomic E-state index is 0.244. The summed E-state index contributed by atoms with van der Waals surface area (Å²) < 4.78 is 23.0. The monoisotopic (exact) mass is 388 g/mol. The number of nitrogens with zero attached hydrogens (tertiary/aromatic N) is 1. The van der Waals surface area contributed by atoms with E-state index in [9.17, 15) is 18.8 Å². The van der Waals surface area contributed by atoms with Gasteiger partial charge < -0.3 is 19.7 Å². The van der Waals surface area contributed by atoms with E-state index in [0.29, 0.717) is 11.4 Å². The Labute approximate surface area is 162 Å². The Bertz CT molecular complexity index is 867. The Morgan fingerprint density at radius 2 is 1.79 bits per heavy atom. The van der Waals surface area contributed by atoms with Gasteiger partial charge in [-0.1, -0.05) is 6.07 Å². The smallest absolute Gasteiger partial charge is 0.338 e. The second kappa shape index (κ2) is 9.50. The van der Waals surface area contributed by atoms with Crippen LogP contribution < -0.4 is 10.1 Å². The fraction of sp³-hybridized carbons (Fsp3) is 0.250. The molecule has 2 amide bonds. The molecular weight excluding hydrogens is 367 g/mol. The van der Waals surface area contributed by atoms with Crippen molar-refractivity contribution in [3.63, 3.8) is 0 Å². The van der Waals surface area contributed by atoms with Gasteiger partial charge in [0.2, 0.25) is 5.91 Å². The molecule has 2 aromatic rings. The highest BCUT2D eigenvalue weighted by atomic mass is 19.1. The topological polar surface area (TPSA) is 84.9 Å². The van der Waals surface area contributed by atoms with Gasteiger partial charge in [0.25, 0.3) is 5.91 Å². The molecule has 148 valence electrons. The number of hydrogen-bond acceptors (Lipinski definition) is 5. The van der Waals surface area contributed by atoms with Crippen LogP contribution in [0, 0.1) is 12.7 Å². The predicted octanol–water partition coefficient (Wildman–Crippen LogP) is 2.40. The van der Waals surface area contributed by atoms with E-state index in [0.717, 1.165) is 10.5 Å². The van der Waals surface area contributed by atoms with Crippen molar-refractivity contribution >= 4 is 23.5 Å². The second-order valence-electron chi connectivity index (χ2n) is 6.07. The Morgan fingerprint density at radius 1 is 1.11 bits per heavy atom. The number of rotatable bonds is 7. The van der Waals surface area contributed by atoms with Gasteiger partial charge in [0.1, 0.15) is 11.6 Å². The SMILES string of the molecule is COc1cc(C(=O)OCC(=O)N(C)CC(=O)Nc2ccc(F)cc2)ccc1C. The Balaban J connectivity index is 1.83. The van der Waals surface area contributed by atoms with Crippen LogP contribution in [0.1, 0.15) is 15.9 Å². The van der Waals surface area contributed by atoms with Gasteiger partial charge in [-0.25, -0.2) is 9.18 Å². The largest absolute Gasteiger partial charge is 0.496 e. The van der Waals surface area contributed by atoms with Crippen LogP contribution in [0.4, 0.5) is 10.1 Å². The molecule has 0 aliphatic heterocycles. The molecule has 0 aliphatic rings. The van der Waals surface area contributed by atoms with Gasteiger partial charge in [-0.2, -0.15) is 0 Å². The highest BCUT2D eigenvalue weighted by Gasteiger charge is 2.17. The standard InChI is InChI=1S/C20H21FN2O5/c1-13-4-5-14(10-17(13)27-3)20(26)28-12-19(25)23(2)11-18(24)22-16-8-6-15(21)7-9-16/h4-10H,11-12H2,1-3H3,(H,22,24). The van der Waals surface area contributed by atoms with Crippen molar-refractivity contribution in [2.24, 2.45) is 0 Å². The van der Waals surface area contributed by atoms with Gasteiger partial charge in [-0.3, -0.25) is 9.59 Å². The molecule has 0 heterocycles. The first-order chi connectivity index (χ1) is 13.3. The number of nitrogens with one attached hydrogen (secondary N) is 1. The first kappa shape index (κ1) is 20.9. The van der Waals surface area contributed by atoms with Gasteiger partial charge in [-0.15, -0.1) is 0 Å². The third kappa shape index (κ3) is 5.80. The fourth-order valence-corrected chi connectivity index (χ4v) is 2.31. The van der Waals surface area contributed by atoms with Crippen LogP contribution in [0.15, 0.2) is 42.5 Å². The lowest BCUT2D eigenvalue weighted by Gasteiger charge is -2.17. The Kier molecular flexibility index (Phi) is 7.08. The third-order valence-corrected chi connectivity index (χ3v) is 3.91. The van der Waals surface area contributed by atoms with Crippen molar-refractivity contribution in [1.29, 1.82) is 0 Å². The van der Waals surface area contributed by atoms with Gasteiger partial charge in [0, 0.05) is 12.7 Å². The molecule has 2 aromatic carbocycles. The molecule has 1 N–H and O–H groups in total. The summed E-state index contributed by atoms with van der Waals surface area (Å²) in [5.41, 5.74) is 1.53. The van der Waals surface area contributed by atoms with E-state index < -0.39 is 30.2 Å². The molecule has 0 aliphatic carbocycles. The number of aryl methyl sites for hydroxylation is 1. The molecule has 0 unspecified atom stereocenters. The van der Waals surface area contributed by atoms with Gasteiger partial charge in [0.15, 0.2) is 6.61 Å². The molecule has 0 saturated heterocycles. The Morgan fingerprint density at radius 3 is 2.43 bits per heavy atom. The highest BCUT2D eigenvalue weighted by molar-refractivity contribution is 5.95. The van der Waals surface area contributed by atoms with Crippen molar-refractivity contribution in [1.82, 2.24) is 4.90 Å². The zero-order valence-electron chi connectivity index (χ0n) is 15.8. The van der Waals surface area contributed by atoms with E-state index in [2.05, 4.69) is 5.32 Å². The average Bonchev–Trinajstić information content (AvgIpc) is 2.67. The molecule has 8 heteroatoms. The Hall–Kier alpha value is -3.42. The number of esters is 1. The third-order valence-electron chi connectivity index (χ3n) is 3.91. The van der Waals surface area contributed by atoms with E-state index in [4.69, 9.17) is 9.47 Å². The lowest BCUT2D eigenvalue weighted by Crippen LogP contribution is -2.37. The van der Waals surface area contributed by atoms with E-state index in [1.165, 1.54) is 44.5 Å². The van der Waals surface area contributed by atoms with Crippen molar-refractivity contribution in [2.45, 2.75) is 6.92 Å². The number of amides is 2. The quantitative estimate of drug-likeness (QED) is 0.737. The zero-order chi connectivity index (χ0) is 20.7. The summed E-state index contributed by atoms with van der Waals surface area (Å²) in [5.74, 6) is -1.55. The maximum atomic E-state index is 12.9. The predicted molar refractivity (Wildman–Crippen MR) is 101 cm³/mol. The summed E-state index contributed by atoms with van der Waals surface area (Å²) in [6, 6.07) is 10.1. The van der Waals surface area contributed by atoms with E-state index in [-0.39, 0.29) is 12.1 Å². The molecular formula is C20H21FN2O5. The van der Waals surface area contributed by atoms with Crippen LogP contribution in [0.3, 0.4) is 0 Å². The van der Waals surface area contributed by atoms with E-state index in [1.54, 1.807) is 12.1 Å². The molecule has 2 rings (SSSR count). The molecule has 0 aromatic heterocycles. The van der Waals surface area contributed by atoms with Gasteiger partial charge in [0.05, 0.1) is 19.2 Å². The molecule has 28 heavy (non-hydrogen) atoms. The summed E-state index contributed by atoms with van der Waals surface area (Å²) in [5, 5.41) is 2.54. The molecule has 0 radical (unpaired) electrons. The van der Waals surface area contributed by atoms with Crippen LogP contribution in [0.2, 0.25) is 0 Å². The lowest BCUT2D eigenvalue weighted by molar-refractivity contribution is -0.136. The van der Waals surface area contributed by atoms with Crippen molar-refractivity contribution in [2.75, 3.05) is 32.6 Å². The molecule has 0 fully saturated rings. The van der Waals surface area contributed by atoms with E-state index >= 15 is 0 Å². The summed E-state index contributed by atoms with van der Waals surface area (Å²) >= 11 is 0. The van der Waals surface area contributed by atoms with Gasteiger partial charge >= 0.3 is 5.97 Å². The van der Waals surface area contributed by atoms with Crippen LogP contribution in [0.25, 0.3) is 0 Å². The van der Waals surface area contributed by atoms with Crippen LogP contribution >= 0.6 is 0 Å². The summed E-state index contributed by atoms with van der Waals surface area (Å²) in [6.45, 7) is 1.09. The number of halogens is 1. The first-order valence-electron chi connectivity index (χ1n) is 8.41. The van der Waals surface area contributed by atoms with E-state index in [1.807, 2.05) is 6.92 Å². The zero-order valence-corrected chi connectivity index (χ0v) is 15.8. The summed E-state index contributed by atoms with van der Waals surface area (Å²) in [7, 11) is 2.90. The fourth-order valence-electron chi connectivity index (χ4n) is 2.31. The number of carbonyl (C=O) groups excluding carboxylic acids is 3. The number of likely N-dealkylation sites (N-methyl/N-ethyl adjacent to an activating group) is 1. The number of ether oxygens (including phenoxy) is 2. The minimum atomic E-state index is -0.671. The molecule has 0 atom stereocenters. The van der Waals surface area contributed by atoms with Crippen LogP contribution in [0.5, 0.6) is 5.75 Å². The normalized spacial score (nSPS) is 10.1. The van der Waals surface area contributed by atoms with Crippen LogP contribution in [-0.2, 0) is 14.3 Å². The highest BCUT2D eigenvalue weighted by Crippen LogP contribution is 2.19. The number of benzene rings is 2. The number of methoxy groups -OCH3 is 1. The number of anilines is 1. The minimum Gasteiger partial charge on any atom is -0.496 e. The second-order valence-corrected chi connectivity index (χ2v) is 6.07. The molecule has 0 saturated carbocycles. The number of hydrogen-bond donors (Lipinski definition) is 1. The van der Waals surface area contributed by atoms with Gasteiger partial charge in [-0.05, 0) is 48.9 Å². The molecule has 0 spiro atoms. The lowest BCUT2D eigenvalue weighted by atomic mass is 10.1. The maximum absolute atomic E-state index is 12.9. The van der Waals surface area contributed by atoms with Crippen molar-refractivity contribution < 1.29 is 28.2 Å². The van der Waals surface area contributed by atoms with Crippen LogP contribution in [-0.4, -0.2) is 50.0 Å². The van der Waals surface area contributed by atoms with Crippen molar-refractivity contribution in [3.05, 3.63) is 59.4 Å². The van der Waals surface area contributed by atoms with Crippen molar-refractivity contribution in [3.8, 4) is 5.75 Å².